The van der Waals surface area contributed by atoms with Crippen LogP contribution < -0.4 is 16.6 Å². The highest BCUT2D eigenvalue weighted by molar-refractivity contribution is 5.99. The van der Waals surface area contributed by atoms with E-state index in [2.05, 4.69) is 15.7 Å². The van der Waals surface area contributed by atoms with E-state index in [1.165, 1.54) is 6.20 Å². The molecule has 1 rings (SSSR count). The molecule has 1 heterocycles. The Kier molecular flexibility index (Phi) is 3.22. The van der Waals surface area contributed by atoms with E-state index in [0.717, 1.165) is 0 Å². The van der Waals surface area contributed by atoms with Gasteiger partial charge in [0.15, 0.2) is 0 Å². The number of aromatic nitrogens is 1. The zero-order valence-corrected chi connectivity index (χ0v) is 7.37. The molecule has 1 aromatic rings. The molecule has 0 aliphatic carbocycles. The van der Waals surface area contributed by atoms with E-state index in [1.54, 1.807) is 12.3 Å². The van der Waals surface area contributed by atoms with E-state index in [-0.39, 0.29) is 5.91 Å². The molecule has 0 fully saturated rings. The van der Waals surface area contributed by atoms with Gasteiger partial charge in [0, 0.05) is 18.9 Å². The first kappa shape index (κ1) is 9.47. The highest BCUT2D eigenvalue weighted by Gasteiger charge is 2.08. The standard InChI is InChI=1S/C8H12N4O/c1-2-11-8(13)6-5-10-4-3-7(6)12-9/h3-5H,2,9H2,1H3,(H,10,12)(H,11,13). The van der Waals surface area contributed by atoms with Crippen LogP contribution in [-0.2, 0) is 0 Å². The molecule has 4 N–H and O–H groups in total. The third-order valence-electron chi connectivity index (χ3n) is 1.56. The number of nitrogens with two attached hydrogens (primary N) is 1. The second kappa shape index (κ2) is 4.42. The van der Waals surface area contributed by atoms with E-state index in [1.807, 2.05) is 6.92 Å². The topological polar surface area (TPSA) is 80.0 Å². The molecule has 5 heteroatoms. The van der Waals surface area contributed by atoms with Gasteiger partial charge < -0.3 is 10.7 Å². The summed E-state index contributed by atoms with van der Waals surface area (Å²) in [6, 6.07) is 1.64. The number of anilines is 1. The number of nitrogens with zero attached hydrogens (tertiary/aromatic N) is 1. The lowest BCUT2D eigenvalue weighted by molar-refractivity contribution is 0.0956. The second-order valence-electron chi connectivity index (χ2n) is 2.43. The quantitative estimate of drug-likeness (QED) is 0.456. The van der Waals surface area contributed by atoms with Gasteiger partial charge in [-0.05, 0) is 13.0 Å². The van der Waals surface area contributed by atoms with Gasteiger partial charge in [-0.3, -0.25) is 15.6 Å². The Balaban J connectivity index is 2.92. The van der Waals surface area contributed by atoms with Gasteiger partial charge in [-0.1, -0.05) is 0 Å². The van der Waals surface area contributed by atoms with Crippen molar-refractivity contribution in [3.8, 4) is 0 Å². The molecular weight excluding hydrogens is 168 g/mol. The molecule has 0 saturated carbocycles. The van der Waals surface area contributed by atoms with E-state index in [0.29, 0.717) is 17.8 Å². The first-order valence-corrected chi connectivity index (χ1v) is 3.98. The number of carbonyl (C=O) groups excluding carboxylic acids is 1. The van der Waals surface area contributed by atoms with Crippen molar-refractivity contribution in [3.63, 3.8) is 0 Å². The maximum absolute atomic E-state index is 11.4. The molecule has 1 aromatic heterocycles. The van der Waals surface area contributed by atoms with Crippen LogP contribution in [0.4, 0.5) is 5.69 Å². The van der Waals surface area contributed by atoms with Crippen LogP contribution in [0.5, 0.6) is 0 Å². The molecule has 70 valence electrons. The molecule has 0 bridgehead atoms. The smallest absolute Gasteiger partial charge is 0.254 e. The summed E-state index contributed by atoms with van der Waals surface area (Å²) in [6.45, 7) is 2.43. The summed E-state index contributed by atoms with van der Waals surface area (Å²) in [5.74, 6) is 5.05. The van der Waals surface area contributed by atoms with Crippen molar-refractivity contribution in [2.45, 2.75) is 6.92 Å². The van der Waals surface area contributed by atoms with Gasteiger partial charge in [-0.15, -0.1) is 0 Å². The summed E-state index contributed by atoms with van der Waals surface area (Å²) >= 11 is 0. The zero-order chi connectivity index (χ0) is 9.68. The first-order chi connectivity index (χ1) is 6.29. The number of nitrogen functional groups attached to an aromatic ring is 1. The molecule has 0 aromatic carbocycles. The number of carbonyl (C=O) groups is 1. The maximum atomic E-state index is 11.4. The van der Waals surface area contributed by atoms with Crippen LogP contribution in [0.1, 0.15) is 17.3 Å². The Bertz CT molecular complexity index is 300. The van der Waals surface area contributed by atoms with Gasteiger partial charge in [-0.2, -0.15) is 0 Å². The molecule has 1 amide bonds. The van der Waals surface area contributed by atoms with Crippen LogP contribution in [0, 0.1) is 0 Å². The fourth-order valence-electron chi connectivity index (χ4n) is 0.957. The molecule has 0 atom stereocenters. The van der Waals surface area contributed by atoms with Crippen molar-refractivity contribution >= 4 is 11.6 Å². The van der Waals surface area contributed by atoms with Crippen molar-refractivity contribution in [2.24, 2.45) is 5.84 Å². The van der Waals surface area contributed by atoms with Crippen LogP contribution in [0.3, 0.4) is 0 Å². The van der Waals surface area contributed by atoms with Crippen molar-refractivity contribution in [1.82, 2.24) is 10.3 Å². The third kappa shape index (κ3) is 2.16. The lowest BCUT2D eigenvalue weighted by Gasteiger charge is -2.06. The molecule has 0 spiro atoms. The molecule has 0 unspecified atom stereocenters. The predicted molar refractivity (Wildman–Crippen MR) is 50.1 cm³/mol. The molecule has 0 aliphatic heterocycles. The van der Waals surface area contributed by atoms with Crippen LogP contribution in [0.15, 0.2) is 18.5 Å². The monoisotopic (exact) mass is 180 g/mol. The number of hydrogen-bond acceptors (Lipinski definition) is 4. The SMILES string of the molecule is CCNC(=O)c1cnccc1NN. The second-order valence-corrected chi connectivity index (χ2v) is 2.43. The van der Waals surface area contributed by atoms with Crippen molar-refractivity contribution in [1.29, 1.82) is 0 Å². The van der Waals surface area contributed by atoms with E-state index >= 15 is 0 Å². The predicted octanol–water partition coefficient (Wildman–Crippen LogP) is 0.117. The molecular formula is C8H12N4O. The maximum Gasteiger partial charge on any atom is 0.254 e. The van der Waals surface area contributed by atoms with E-state index < -0.39 is 0 Å². The highest BCUT2D eigenvalue weighted by atomic mass is 16.1. The van der Waals surface area contributed by atoms with E-state index in [9.17, 15) is 4.79 Å². The average molecular weight is 180 g/mol. The van der Waals surface area contributed by atoms with Crippen LogP contribution >= 0.6 is 0 Å². The Hall–Kier alpha value is -1.62. The minimum absolute atomic E-state index is 0.177. The van der Waals surface area contributed by atoms with Gasteiger partial charge >= 0.3 is 0 Å². The molecule has 0 saturated heterocycles. The molecule has 0 radical (unpaired) electrons. The Morgan fingerprint density at radius 3 is 3.08 bits per heavy atom. The third-order valence-corrected chi connectivity index (χ3v) is 1.56. The largest absolute Gasteiger partial charge is 0.352 e. The Labute approximate surface area is 76.3 Å². The van der Waals surface area contributed by atoms with Gasteiger partial charge in [0.1, 0.15) is 0 Å². The summed E-state index contributed by atoms with van der Waals surface area (Å²) in [7, 11) is 0. The number of hydrogen-bond donors (Lipinski definition) is 3. The van der Waals surface area contributed by atoms with Crippen LogP contribution in [0.25, 0.3) is 0 Å². The number of hydrazine groups is 1. The van der Waals surface area contributed by atoms with Gasteiger partial charge in [0.25, 0.3) is 5.91 Å². The number of nitrogens with one attached hydrogen (secondary N) is 2. The molecule has 13 heavy (non-hydrogen) atoms. The summed E-state index contributed by atoms with van der Waals surface area (Å²) < 4.78 is 0. The Morgan fingerprint density at radius 2 is 2.46 bits per heavy atom. The number of rotatable bonds is 3. The minimum atomic E-state index is -0.177. The first-order valence-electron chi connectivity index (χ1n) is 3.98. The van der Waals surface area contributed by atoms with Crippen molar-refractivity contribution < 1.29 is 4.79 Å². The zero-order valence-electron chi connectivity index (χ0n) is 7.37. The minimum Gasteiger partial charge on any atom is -0.352 e. The van der Waals surface area contributed by atoms with Gasteiger partial charge in [0.2, 0.25) is 0 Å². The summed E-state index contributed by atoms with van der Waals surface area (Å²) in [4.78, 5) is 15.2. The fourth-order valence-corrected chi connectivity index (χ4v) is 0.957. The summed E-state index contributed by atoms with van der Waals surface area (Å²) in [6.07, 6.45) is 3.04. The lowest BCUT2D eigenvalue weighted by Crippen LogP contribution is -2.24. The van der Waals surface area contributed by atoms with Crippen molar-refractivity contribution in [2.75, 3.05) is 12.0 Å². The average Bonchev–Trinajstić information content (AvgIpc) is 2.18. The van der Waals surface area contributed by atoms with Crippen LogP contribution in [0.2, 0.25) is 0 Å². The Morgan fingerprint density at radius 1 is 1.69 bits per heavy atom. The normalized spacial score (nSPS) is 9.38. The molecule has 0 aliphatic rings. The summed E-state index contributed by atoms with van der Waals surface area (Å²) in [5.41, 5.74) is 3.46. The fraction of sp³-hybridized carbons (Fsp3) is 0.250. The van der Waals surface area contributed by atoms with E-state index in [4.69, 9.17) is 5.84 Å². The number of pyridine rings is 1. The number of amides is 1. The highest BCUT2D eigenvalue weighted by Crippen LogP contribution is 2.10. The van der Waals surface area contributed by atoms with Gasteiger partial charge in [0.05, 0.1) is 11.3 Å². The lowest BCUT2D eigenvalue weighted by atomic mass is 10.2. The summed E-state index contributed by atoms with van der Waals surface area (Å²) in [5, 5.41) is 2.66. The van der Waals surface area contributed by atoms with Crippen LogP contribution in [-0.4, -0.2) is 17.4 Å². The van der Waals surface area contributed by atoms with Crippen molar-refractivity contribution in [3.05, 3.63) is 24.0 Å². The van der Waals surface area contributed by atoms with Gasteiger partial charge in [-0.25, -0.2) is 0 Å². The molecule has 5 nitrogen and oxygen atoms in total.